The number of rotatable bonds is 7. The van der Waals surface area contributed by atoms with Crippen LogP contribution in [0.2, 0.25) is 0 Å². The van der Waals surface area contributed by atoms with Gasteiger partial charge in [-0.2, -0.15) is 0 Å². The summed E-state index contributed by atoms with van der Waals surface area (Å²) >= 11 is 22.2. The lowest BCUT2D eigenvalue weighted by atomic mass is 10.6. The maximum atomic E-state index is 11.0. The van der Waals surface area contributed by atoms with Gasteiger partial charge in [-0.05, 0) is 0 Å². The summed E-state index contributed by atoms with van der Waals surface area (Å²) in [5, 5.41) is 4.25. The largest absolute Gasteiger partial charge is 0.453 e. The van der Waals surface area contributed by atoms with E-state index in [1.807, 2.05) is 0 Å². The molecule has 0 bridgehead atoms. The Balaban J connectivity index is 4.47. The van der Waals surface area contributed by atoms with Crippen LogP contribution < -0.4 is 10.6 Å². The van der Waals surface area contributed by atoms with Gasteiger partial charge in [0.2, 0.25) is 0 Å². The number of alkyl carbamates (subject to hydrolysis) is 2. The van der Waals surface area contributed by atoms with Gasteiger partial charge in [0.25, 0.3) is 0 Å². The van der Waals surface area contributed by atoms with Crippen molar-refractivity contribution in [3.8, 4) is 0 Å². The molecule has 0 saturated heterocycles. The van der Waals surface area contributed by atoms with Gasteiger partial charge in [0.05, 0.1) is 14.2 Å². The molecule has 0 spiro atoms. The van der Waals surface area contributed by atoms with Gasteiger partial charge in [-0.3, -0.25) is 10.6 Å². The molecule has 0 fully saturated rings. The van der Waals surface area contributed by atoms with E-state index in [0.717, 1.165) is 14.2 Å². The molecule has 0 aliphatic heterocycles. The molecule has 0 aromatic heterocycles. The molecule has 20 heavy (non-hydrogen) atoms. The number of methoxy groups -OCH3 is 2. The van der Waals surface area contributed by atoms with Crippen molar-refractivity contribution in [1.82, 2.24) is 10.6 Å². The number of carbonyl (C=O) groups excluding carboxylic acids is 2. The Hall–Kier alpha value is -0.380. The Morgan fingerprint density at radius 1 is 0.800 bits per heavy atom. The third kappa shape index (κ3) is 8.03. The van der Waals surface area contributed by atoms with Crippen LogP contribution >= 0.6 is 46.4 Å². The quantitative estimate of drug-likeness (QED) is 0.306. The van der Waals surface area contributed by atoms with Crippen LogP contribution in [0.4, 0.5) is 9.59 Å². The van der Waals surface area contributed by atoms with Crippen LogP contribution in [0, 0.1) is 0 Å². The minimum Gasteiger partial charge on any atom is -0.453 e. The van der Waals surface area contributed by atoms with Crippen LogP contribution in [0.5, 0.6) is 0 Å². The Labute approximate surface area is 134 Å². The molecule has 0 saturated carbocycles. The zero-order valence-electron chi connectivity index (χ0n) is 10.3. The lowest BCUT2D eigenvalue weighted by Crippen LogP contribution is -2.46. The van der Waals surface area contributed by atoms with Gasteiger partial charge in [-0.15, -0.1) is 46.4 Å². The highest BCUT2D eigenvalue weighted by molar-refractivity contribution is 6.45. The predicted molar refractivity (Wildman–Crippen MR) is 71.8 cm³/mol. The normalized spacial score (nSPS) is 13.8. The number of halogens is 4. The topological polar surface area (TPSA) is 95.1 Å². The molecule has 2 unspecified atom stereocenters. The molecule has 2 amide bonds. The standard InChI is InChI=1S/C8H12Cl4N2O6/c1-17-7(15)13-5(3(9)10)19-20-6(4(11)12)14-8(16)18-2/h3-6H,1-2H3,(H,13,15)(H,14,16). The van der Waals surface area contributed by atoms with E-state index in [1.165, 1.54) is 0 Å². The summed E-state index contributed by atoms with van der Waals surface area (Å²) in [4.78, 5) is 29.1. The molecule has 0 aromatic carbocycles. The van der Waals surface area contributed by atoms with E-state index in [-0.39, 0.29) is 0 Å². The van der Waals surface area contributed by atoms with Gasteiger partial charge in [0.15, 0.2) is 22.1 Å². The number of hydrogen-bond donors (Lipinski definition) is 2. The third-order valence-electron chi connectivity index (χ3n) is 1.61. The molecule has 0 aromatic rings. The van der Waals surface area contributed by atoms with Crippen molar-refractivity contribution in [1.29, 1.82) is 0 Å². The maximum Gasteiger partial charge on any atom is 0.409 e. The van der Waals surface area contributed by atoms with E-state index in [1.54, 1.807) is 0 Å². The summed E-state index contributed by atoms with van der Waals surface area (Å²) in [5.41, 5.74) is 0. The van der Waals surface area contributed by atoms with E-state index in [0.29, 0.717) is 0 Å². The molecular formula is C8H12Cl4N2O6. The number of amides is 2. The second kappa shape index (κ2) is 10.4. The van der Waals surface area contributed by atoms with Crippen molar-refractivity contribution in [3.05, 3.63) is 0 Å². The van der Waals surface area contributed by atoms with Crippen LogP contribution in [0.25, 0.3) is 0 Å². The Morgan fingerprint density at radius 2 is 1.10 bits per heavy atom. The first-order chi connectivity index (χ1) is 9.31. The minimum atomic E-state index is -1.29. The van der Waals surface area contributed by atoms with Crippen molar-refractivity contribution in [2.24, 2.45) is 0 Å². The SMILES string of the molecule is COC(=O)NC(OOC(NC(=O)OC)C(Cl)Cl)C(Cl)Cl. The monoisotopic (exact) mass is 372 g/mol. The van der Waals surface area contributed by atoms with E-state index in [2.05, 4.69) is 20.1 Å². The van der Waals surface area contributed by atoms with Gasteiger partial charge < -0.3 is 9.47 Å². The third-order valence-corrected chi connectivity index (χ3v) is 2.53. The van der Waals surface area contributed by atoms with E-state index in [4.69, 9.17) is 56.2 Å². The first kappa shape index (κ1) is 19.6. The predicted octanol–water partition coefficient (Wildman–Crippen LogP) is 1.91. The molecular weight excluding hydrogens is 362 g/mol. The molecule has 2 N–H and O–H groups in total. The highest BCUT2D eigenvalue weighted by Crippen LogP contribution is 2.14. The average molecular weight is 374 g/mol. The second-order valence-electron chi connectivity index (χ2n) is 2.97. The number of nitrogens with one attached hydrogen (secondary N) is 2. The Bertz CT molecular complexity index is 289. The molecule has 0 heterocycles. The molecule has 0 radical (unpaired) electrons. The number of ether oxygens (including phenoxy) is 2. The molecule has 0 aliphatic carbocycles. The zero-order chi connectivity index (χ0) is 15.7. The minimum absolute atomic E-state index is 0.865. The molecule has 12 heteroatoms. The van der Waals surface area contributed by atoms with Crippen LogP contribution in [0.15, 0.2) is 0 Å². The molecule has 8 nitrogen and oxygen atoms in total. The highest BCUT2D eigenvalue weighted by Gasteiger charge is 2.27. The molecule has 2 atom stereocenters. The number of carbonyl (C=O) groups is 2. The molecule has 118 valence electrons. The maximum absolute atomic E-state index is 11.0. The van der Waals surface area contributed by atoms with Crippen LogP contribution in [0.1, 0.15) is 0 Å². The summed E-state index contributed by atoms with van der Waals surface area (Å²) in [6.07, 6.45) is -4.31. The highest BCUT2D eigenvalue weighted by atomic mass is 35.5. The smallest absolute Gasteiger partial charge is 0.409 e. The van der Waals surface area contributed by atoms with Gasteiger partial charge in [0, 0.05) is 0 Å². The fraction of sp³-hybridized carbons (Fsp3) is 0.750. The van der Waals surface area contributed by atoms with Crippen molar-refractivity contribution < 1.29 is 28.8 Å². The van der Waals surface area contributed by atoms with Gasteiger partial charge in [-0.25, -0.2) is 19.4 Å². The fourth-order valence-corrected chi connectivity index (χ4v) is 1.15. The van der Waals surface area contributed by atoms with E-state index in [9.17, 15) is 9.59 Å². The van der Waals surface area contributed by atoms with Crippen molar-refractivity contribution >= 4 is 58.6 Å². The summed E-state index contributed by atoms with van der Waals surface area (Å²) in [5.74, 6) is 0. The van der Waals surface area contributed by atoms with E-state index < -0.39 is 34.3 Å². The fourth-order valence-electron chi connectivity index (χ4n) is 0.728. The van der Waals surface area contributed by atoms with Crippen molar-refractivity contribution in [3.63, 3.8) is 0 Å². The van der Waals surface area contributed by atoms with Crippen molar-refractivity contribution in [2.75, 3.05) is 14.2 Å². The molecule has 0 rings (SSSR count). The van der Waals surface area contributed by atoms with Crippen LogP contribution in [0.3, 0.4) is 0 Å². The summed E-state index contributed by atoms with van der Waals surface area (Å²) in [6.45, 7) is 0. The summed E-state index contributed by atoms with van der Waals surface area (Å²) in [7, 11) is 2.25. The van der Waals surface area contributed by atoms with Gasteiger partial charge >= 0.3 is 12.2 Å². The molecule has 0 aliphatic rings. The first-order valence-electron chi connectivity index (χ1n) is 4.89. The van der Waals surface area contributed by atoms with Gasteiger partial charge in [0.1, 0.15) is 0 Å². The van der Waals surface area contributed by atoms with Crippen molar-refractivity contribution in [2.45, 2.75) is 22.1 Å². The lowest BCUT2D eigenvalue weighted by Gasteiger charge is -2.23. The second-order valence-corrected chi connectivity index (χ2v) is 5.30. The Morgan fingerprint density at radius 3 is 1.30 bits per heavy atom. The summed E-state index contributed by atoms with van der Waals surface area (Å²) in [6, 6.07) is 0. The summed E-state index contributed by atoms with van der Waals surface area (Å²) < 4.78 is 8.64. The zero-order valence-corrected chi connectivity index (χ0v) is 13.3. The van der Waals surface area contributed by atoms with Crippen LogP contribution in [-0.2, 0) is 19.2 Å². The number of alkyl halides is 4. The first-order valence-corrected chi connectivity index (χ1v) is 6.63. The lowest BCUT2D eigenvalue weighted by molar-refractivity contribution is -0.353. The van der Waals surface area contributed by atoms with Gasteiger partial charge in [-0.1, -0.05) is 0 Å². The Kier molecular flexibility index (Phi) is 10.2. The van der Waals surface area contributed by atoms with E-state index >= 15 is 0 Å². The van der Waals surface area contributed by atoms with Crippen LogP contribution in [-0.4, -0.2) is 48.5 Å². The average Bonchev–Trinajstić information content (AvgIpc) is 2.40. The number of hydrogen-bond acceptors (Lipinski definition) is 6.